The number of benzene rings is 1. The Morgan fingerprint density at radius 3 is 2.42 bits per heavy atom. The van der Waals surface area contributed by atoms with Gasteiger partial charge in [0.2, 0.25) is 11.8 Å². The summed E-state index contributed by atoms with van der Waals surface area (Å²) in [4.78, 5) is 26.8. The number of aryl methyl sites for hydroxylation is 2. The molecule has 144 valence electrons. The third kappa shape index (κ3) is 5.31. The topological polar surface area (TPSA) is 61.4 Å². The van der Waals surface area contributed by atoms with Crippen LogP contribution >= 0.6 is 0 Å². The Morgan fingerprint density at radius 2 is 1.81 bits per heavy atom. The molecule has 1 aromatic carbocycles. The number of nitrogens with one attached hydrogen (secondary N) is 2. The van der Waals surface area contributed by atoms with Gasteiger partial charge in [-0.15, -0.1) is 0 Å². The van der Waals surface area contributed by atoms with Crippen LogP contribution in [0.2, 0.25) is 0 Å². The number of likely N-dealkylation sites (N-methyl/N-ethyl adjacent to an activating group) is 1. The van der Waals surface area contributed by atoms with Crippen LogP contribution in [-0.4, -0.2) is 42.4 Å². The molecule has 0 aromatic heterocycles. The fourth-order valence-electron chi connectivity index (χ4n) is 3.59. The maximum Gasteiger partial charge on any atom is 0.238 e. The second-order valence-electron chi connectivity index (χ2n) is 7.78. The van der Waals surface area contributed by atoms with Crippen molar-refractivity contribution in [2.45, 2.75) is 65.5 Å². The predicted molar refractivity (Wildman–Crippen MR) is 106 cm³/mol. The average Bonchev–Trinajstić information content (AvgIpc) is 2.59. The molecule has 0 spiro atoms. The highest BCUT2D eigenvalue weighted by molar-refractivity contribution is 5.94. The number of hydrogen-bond donors (Lipinski definition) is 2. The fourth-order valence-corrected chi connectivity index (χ4v) is 3.59. The number of para-hydroxylation sites is 1. The monoisotopic (exact) mass is 359 g/mol. The van der Waals surface area contributed by atoms with Crippen LogP contribution in [0.4, 0.5) is 5.69 Å². The number of hydrogen-bond acceptors (Lipinski definition) is 3. The van der Waals surface area contributed by atoms with E-state index < -0.39 is 0 Å². The molecule has 0 saturated heterocycles. The molecule has 1 saturated carbocycles. The Balaban J connectivity index is 1.88. The highest BCUT2D eigenvalue weighted by atomic mass is 16.2. The van der Waals surface area contributed by atoms with E-state index in [-0.39, 0.29) is 30.4 Å². The molecule has 0 aliphatic heterocycles. The van der Waals surface area contributed by atoms with Crippen molar-refractivity contribution in [3.05, 3.63) is 29.3 Å². The molecule has 1 fully saturated rings. The average molecular weight is 360 g/mol. The van der Waals surface area contributed by atoms with Crippen molar-refractivity contribution in [3.63, 3.8) is 0 Å². The third-order valence-corrected chi connectivity index (χ3v) is 5.62. The van der Waals surface area contributed by atoms with Gasteiger partial charge >= 0.3 is 0 Å². The van der Waals surface area contributed by atoms with E-state index in [1.54, 1.807) is 4.90 Å². The summed E-state index contributed by atoms with van der Waals surface area (Å²) in [5, 5.41) is 6.16. The molecule has 2 N–H and O–H groups in total. The van der Waals surface area contributed by atoms with Crippen molar-refractivity contribution in [2.24, 2.45) is 5.92 Å². The Morgan fingerprint density at radius 1 is 1.19 bits per heavy atom. The minimum absolute atomic E-state index is 0.00567. The Bertz CT molecular complexity index is 624. The minimum atomic E-state index is -0.340. The number of amides is 2. The molecule has 2 amide bonds. The molecular weight excluding hydrogens is 326 g/mol. The molecule has 3 atom stereocenters. The zero-order valence-electron chi connectivity index (χ0n) is 16.8. The molecule has 5 heteroatoms. The van der Waals surface area contributed by atoms with Crippen LogP contribution in [0.25, 0.3) is 0 Å². The summed E-state index contributed by atoms with van der Waals surface area (Å²) >= 11 is 0. The molecule has 26 heavy (non-hydrogen) atoms. The zero-order chi connectivity index (χ0) is 19.3. The van der Waals surface area contributed by atoms with Crippen molar-refractivity contribution in [2.75, 3.05) is 18.9 Å². The maximum absolute atomic E-state index is 12.6. The van der Waals surface area contributed by atoms with E-state index in [1.165, 1.54) is 19.3 Å². The molecule has 0 unspecified atom stereocenters. The minimum Gasteiger partial charge on any atom is -0.352 e. The number of anilines is 1. The standard InChI is InChI=1S/C21H33N3O2/c1-14-9-6-7-12-18(14)22-21(26)17(4)24(5)13-19(25)23-20-15(2)10-8-11-16(20)3/h8,10-11,14,17-18H,6-7,9,12-13H2,1-5H3,(H,22,26)(H,23,25)/t14-,17-,18+/m0/s1. The summed E-state index contributed by atoms with van der Waals surface area (Å²) in [6.07, 6.45) is 4.66. The number of carbonyl (C=O) groups excluding carboxylic acids is 2. The Labute approximate surface area is 157 Å². The molecular formula is C21H33N3O2. The van der Waals surface area contributed by atoms with E-state index in [0.717, 1.165) is 23.2 Å². The van der Waals surface area contributed by atoms with Gasteiger partial charge in [-0.2, -0.15) is 0 Å². The third-order valence-electron chi connectivity index (χ3n) is 5.62. The van der Waals surface area contributed by atoms with Crippen LogP contribution in [0.5, 0.6) is 0 Å². The molecule has 1 aromatic rings. The second-order valence-corrected chi connectivity index (χ2v) is 7.78. The van der Waals surface area contributed by atoms with Gasteiger partial charge in [-0.1, -0.05) is 38.0 Å². The second kappa shape index (κ2) is 9.17. The van der Waals surface area contributed by atoms with Gasteiger partial charge in [-0.25, -0.2) is 0 Å². The van der Waals surface area contributed by atoms with Gasteiger partial charge in [0.05, 0.1) is 12.6 Å². The number of rotatable bonds is 6. The van der Waals surface area contributed by atoms with Gasteiger partial charge < -0.3 is 10.6 Å². The summed E-state index contributed by atoms with van der Waals surface area (Å²) in [6.45, 7) is 8.20. The lowest BCUT2D eigenvalue weighted by molar-refractivity contribution is -0.127. The normalized spacial score (nSPS) is 21.3. The van der Waals surface area contributed by atoms with E-state index in [0.29, 0.717) is 5.92 Å². The highest BCUT2D eigenvalue weighted by Crippen LogP contribution is 2.24. The van der Waals surface area contributed by atoms with Gasteiger partial charge in [0.25, 0.3) is 0 Å². The van der Waals surface area contributed by atoms with Crippen LogP contribution in [0.3, 0.4) is 0 Å². The van der Waals surface area contributed by atoms with Gasteiger partial charge in [-0.3, -0.25) is 14.5 Å². The summed E-state index contributed by atoms with van der Waals surface area (Å²) in [6, 6.07) is 5.86. The van der Waals surface area contributed by atoms with E-state index in [9.17, 15) is 9.59 Å². The van der Waals surface area contributed by atoms with Gasteiger partial charge in [-0.05, 0) is 57.7 Å². The van der Waals surface area contributed by atoms with Crippen LogP contribution in [-0.2, 0) is 9.59 Å². The van der Waals surface area contributed by atoms with E-state index >= 15 is 0 Å². The van der Waals surface area contributed by atoms with Crippen molar-refractivity contribution in [1.82, 2.24) is 10.2 Å². The Hall–Kier alpha value is -1.88. The summed E-state index contributed by atoms with van der Waals surface area (Å²) < 4.78 is 0. The smallest absolute Gasteiger partial charge is 0.238 e. The molecule has 0 bridgehead atoms. The maximum atomic E-state index is 12.6. The lowest BCUT2D eigenvalue weighted by atomic mass is 9.86. The number of nitrogens with zero attached hydrogens (tertiary/aromatic N) is 1. The summed E-state index contributed by atoms with van der Waals surface area (Å²) in [5.41, 5.74) is 2.94. The lowest BCUT2D eigenvalue weighted by Crippen LogP contribution is -2.50. The van der Waals surface area contributed by atoms with E-state index in [2.05, 4.69) is 17.6 Å². The highest BCUT2D eigenvalue weighted by Gasteiger charge is 2.27. The first-order chi connectivity index (χ1) is 12.3. The van der Waals surface area contributed by atoms with Crippen LogP contribution in [0.1, 0.15) is 50.7 Å². The first kappa shape index (κ1) is 20.4. The van der Waals surface area contributed by atoms with Gasteiger partial charge in [0.15, 0.2) is 0 Å². The van der Waals surface area contributed by atoms with Crippen LogP contribution < -0.4 is 10.6 Å². The lowest BCUT2D eigenvalue weighted by Gasteiger charge is -2.32. The Kier molecular flexibility index (Phi) is 7.21. The van der Waals surface area contributed by atoms with Crippen molar-refractivity contribution in [3.8, 4) is 0 Å². The number of carbonyl (C=O) groups is 2. The quantitative estimate of drug-likeness (QED) is 0.819. The fraction of sp³-hybridized carbons (Fsp3) is 0.619. The summed E-state index contributed by atoms with van der Waals surface area (Å²) in [7, 11) is 1.82. The van der Waals surface area contributed by atoms with Crippen LogP contribution in [0, 0.1) is 19.8 Å². The molecule has 0 heterocycles. The van der Waals surface area contributed by atoms with Crippen molar-refractivity contribution >= 4 is 17.5 Å². The van der Waals surface area contributed by atoms with Crippen LogP contribution in [0.15, 0.2) is 18.2 Å². The summed E-state index contributed by atoms with van der Waals surface area (Å²) in [5.74, 6) is 0.430. The molecule has 5 nitrogen and oxygen atoms in total. The van der Waals surface area contributed by atoms with Gasteiger partial charge in [0.1, 0.15) is 0 Å². The van der Waals surface area contributed by atoms with Crippen molar-refractivity contribution < 1.29 is 9.59 Å². The largest absolute Gasteiger partial charge is 0.352 e. The molecule has 0 radical (unpaired) electrons. The van der Waals surface area contributed by atoms with Crippen molar-refractivity contribution in [1.29, 1.82) is 0 Å². The molecule has 1 aliphatic rings. The molecule has 1 aliphatic carbocycles. The van der Waals surface area contributed by atoms with E-state index in [4.69, 9.17) is 0 Å². The SMILES string of the molecule is Cc1cccc(C)c1NC(=O)CN(C)[C@@H](C)C(=O)N[C@@H]1CCCC[C@@H]1C. The van der Waals surface area contributed by atoms with Gasteiger partial charge in [0, 0.05) is 11.7 Å². The predicted octanol–water partition coefficient (Wildman–Crippen LogP) is 3.26. The van der Waals surface area contributed by atoms with E-state index in [1.807, 2.05) is 46.0 Å². The zero-order valence-corrected chi connectivity index (χ0v) is 16.8. The first-order valence-electron chi connectivity index (χ1n) is 9.66. The first-order valence-corrected chi connectivity index (χ1v) is 9.66. The molecule has 2 rings (SSSR count).